The number of nitrogens with one attached hydrogen (secondary N) is 1. The van der Waals surface area contributed by atoms with E-state index in [1.807, 2.05) is 66.0 Å². The Bertz CT molecular complexity index is 1030. The summed E-state index contributed by atoms with van der Waals surface area (Å²) < 4.78 is 0. The van der Waals surface area contributed by atoms with Gasteiger partial charge < -0.3 is 5.32 Å². The van der Waals surface area contributed by atoms with Crippen LogP contribution in [0.5, 0.6) is 0 Å². The Morgan fingerprint density at radius 2 is 1.77 bits per heavy atom. The number of hydrogen-bond donors (Lipinski definition) is 1. The maximum Gasteiger partial charge on any atom is 0.252 e. The van der Waals surface area contributed by atoms with Gasteiger partial charge in [0, 0.05) is 11.9 Å². The van der Waals surface area contributed by atoms with Crippen molar-refractivity contribution in [2.24, 2.45) is 0 Å². The number of rotatable bonds is 5. The summed E-state index contributed by atoms with van der Waals surface area (Å²) in [5.74, 6) is -0.0580. The number of benzene rings is 2. The van der Waals surface area contributed by atoms with Crippen LogP contribution in [0.1, 0.15) is 15.9 Å². The van der Waals surface area contributed by atoms with Crippen molar-refractivity contribution in [1.82, 2.24) is 10.3 Å². The smallest absolute Gasteiger partial charge is 0.252 e. The molecule has 4 heteroatoms. The van der Waals surface area contributed by atoms with Gasteiger partial charge in [0.1, 0.15) is 0 Å². The zero-order chi connectivity index (χ0) is 17.8. The Labute approximate surface area is 156 Å². The lowest BCUT2D eigenvalue weighted by Gasteiger charge is -2.10. The fourth-order valence-corrected chi connectivity index (χ4v) is 3.66. The second kappa shape index (κ2) is 7.50. The molecular formula is C22H18N2OS. The van der Waals surface area contributed by atoms with Gasteiger partial charge in [0.2, 0.25) is 0 Å². The van der Waals surface area contributed by atoms with Gasteiger partial charge in [-0.25, -0.2) is 4.98 Å². The van der Waals surface area contributed by atoms with Crippen molar-refractivity contribution < 1.29 is 4.79 Å². The van der Waals surface area contributed by atoms with Crippen molar-refractivity contribution >= 4 is 28.1 Å². The van der Waals surface area contributed by atoms with Crippen molar-refractivity contribution in [2.75, 3.05) is 6.54 Å². The average Bonchev–Trinajstić information content (AvgIpc) is 3.23. The molecule has 0 saturated heterocycles. The van der Waals surface area contributed by atoms with Gasteiger partial charge >= 0.3 is 0 Å². The Morgan fingerprint density at radius 3 is 2.58 bits per heavy atom. The van der Waals surface area contributed by atoms with Crippen molar-refractivity contribution in [3.8, 4) is 10.6 Å². The Kier molecular flexibility index (Phi) is 4.75. The number of para-hydroxylation sites is 1. The molecule has 3 nitrogen and oxygen atoms in total. The molecule has 0 atom stereocenters. The van der Waals surface area contributed by atoms with Crippen LogP contribution < -0.4 is 5.32 Å². The molecule has 4 rings (SSSR count). The zero-order valence-electron chi connectivity index (χ0n) is 14.2. The van der Waals surface area contributed by atoms with Crippen molar-refractivity contribution in [3.63, 3.8) is 0 Å². The highest BCUT2D eigenvalue weighted by molar-refractivity contribution is 7.13. The first kappa shape index (κ1) is 16.5. The van der Waals surface area contributed by atoms with E-state index in [9.17, 15) is 4.79 Å². The lowest BCUT2D eigenvalue weighted by atomic mass is 10.1. The molecule has 26 heavy (non-hydrogen) atoms. The van der Waals surface area contributed by atoms with E-state index >= 15 is 0 Å². The third-order valence-electron chi connectivity index (χ3n) is 4.28. The van der Waals surface area contributed by atoms with E-state index in [1.54, 1.807) is 11.3 Å². The quantitative estimate of drug-likeness (QED) is 0.549. The van der Waals surface area contributed by atoms with E-state index in [2.05, 4.69) is 17.4 Å². The average molecular weight is 358 g/mol. The van der Waals surface area contributed by atoms with Crippen LogP contribution in [0.2, 0.25) is 0 Å². The number of aromatic nitrogens is 1. The fourth-order valence-electron chi connectivity index (χ4n) is 2.97. The van der Waals surface area contributed by atoms with Crippen LogP contribution in [-0.4, -0.2) is 17.4 Å². The maximum atomic E-state index is 12.8. The van der Waals surface area contributed by atoms with E-state index in [0.29, 0.717) is 12.1 Å². The van der Waals surface area contributed by atoms with Crippen LogP contribution >= 0.6 is 11.3 Å². The summed E-state index contributed by atoms with van der Waals surface area (Å²) in [4.78, 5) is 18.6. The van der Waals surface area contributed by atoms with Gasteiger partial charge in [0.05, 0.1) is 21.7 Å². The lowest BCUT2D eigenvalue weighted by Crippen LogP contribution is -2.26. The predicted molar refractivity (Wildman–Crippen MR) is 108 cm³/mol. The van der Waals surface area contributed by atoms with Crippen LogP contribution in [0.3, 0.4) is 0 Å². The van der Waals surface area contributed by atoms with Gasteiger partial charge in [-0.15, -0.1) is 11.3 Å². The summed E-state index contributed by atoms with van der Waals surface area (Å²) in [6.45, 7) is 0.605. The topological polar surface area (TPSA) is 42.0 Å². The summed E-state index contributed by atoms with van der Waals surface area (Å²) in [6.07, 6.45) is 0.813. The number of thiophene rings is 1. The molecule has 0 unspecified atom stereocenters. The van der Waals surface area contributed by atoms with Crippen LogP contribution in [0.15, 0.2) is 78.2 Å². The van der Waals surface area contributed by atoms with Crippen molar-refractivity contribution in [1.29, 1.82) is 0 Å². The lowest BCUT2D eigenvalue weighted by molar-refractivity contribution is 0.0956. The van der Waals surface area contributed by atoms with Crippen LogP contribution in [0, 0.1) is 0 Å². The first-order chi connectivity index (χ1) is 12.8. The fraction of sp³-hybridized carbons (Fsp3) is 0.0909. The van der Waals surface area contributed by atoms with E-state index in [4.69, 9.17) is 4.98 Å². The molecule has 2 aromatic heterocycles. The number of pyridine rings is 1. The third-order valence-corrected chi connectivity index (χ3v) is 5.17. The van der Waals surface area contributed by atoms with Crippen molar-refractivity contribution in [3.05, 3.63) is 89.3 Å². The van der Waals surface area contributed by atoms with Gasteiger partial charge in [-0.3, -0.25) is 4.79 Å². The molecule has 1 N–H and O–H groups in total. The molecule has 0 radical (unpaired) electrons. The Hall–Kier alpha value is -2.98. The van der Waals surface area contributed by atoms with Crippen LogP contribution in [-0.2, 0) is 6.42 Å². The molecule has 0 aliphatic carbocycles. The first-order valence-corrected chi connectivity index (χ1v) is 9.45. The largest absolute Gasteiger partial charge is 0.352 e. The van der Waals surface area contributed by atoms with Crippen molar-refractivity contribution in [2.45, 2.75) is 6.42 Å². The maximum absolute atomic E-state index is 12.8. The van der Waals surface area contributed by atoms with E-state index < -0.39 is 0 Å². The zero-order valence-corrected chi connectivity index (χ0v) is 15.0. The molecule has 0 spiro atoms. The van der Waals surface area contributed by atoms with Gasteiger partial charge in [0.15, 0.2) is 0 Å². The molecule has 0 bridgehead atoms. The first-order valence-electron chi connectivity index (χ1n) is 8.57. The monoisotopic (exact) mass is 358 g/mol. The molecule has 0 aliphatic rings. The SMILES string of the molecule is O=C(NCCc1ccccc1)c1cc(-c2cccs2)nc2ccccc12. The Balaban J connectivity index is 1.61. The van der Waals surface area contributed by atoms with Crippen LogP contribution in [0.25, 0.3) is 21.5 Å². The highest BCUT2D eigenvalue weighted by atomic mass is 32.1. The molecule has 2 heterocycles. The normalized spacial score (nSPS) is 10.8. The van der Waals surface area contributed by atoms with Gasteiger partial charge in [-0.2, -0.15) is 0 Å². The summed E-state index contributed by atoms with van der Waals surface area (Å²) >= 11 is 1.63. The standard InChI is InChI=1S/C22H18N2OS/c25-22(23-13-12-16-7-2-1-3-8-16)18-15-20(21-11-6-14-26-21)24-19-10-5-4-9-17(18)19/h1-11,14-15H,12-13H2,(H,23,25). The third kappa shape index (κ3) is 3.51. The van der Waals surface area contributed by atoms with Gasteiger partial charge in [-0.1, -0.05) is 54.6 Å². The minimum Gasteiger partial charge on any atom is -0.352 e. The number of hydrogen-bond acceptors (Lipinski definition) is 3. The van der Waals surface area contributed by atoms with Gasteiger partial charge in [-0.05, 0) is 35.6 Å². The summed E-state index contributed by atoms with van der Waals surface area (Å²) in [5, 5.41) is 5.95. The Morgan fingerprint density at radius 1 is 0.962 bits per heavy atom. The minimum absolute atomic E-state index is 0.0580. The molecule has 0 fully saturated rings. The number of nitrogens with zero attached hydrogens (tertiary/aromatic N) is 1. The summed E-state index contributed by atoms with van der Waals surface area (Å²) in [5.41, 5.74) is 3.57. The second-order valence-corrected chi connectivity index (χ2v) is 6.99. The van der Waals surface area contributed by atoms with Gasteiger partial charge in [0.25, 0.3) is 5.91 Å². The summed E-state index contributed by atoms with van der Waals surface area (Å²) in [7, 11) is 0. The van der Waals surface area contributed by atoms with E-state index in [0.717, 1.165) is 27.9 Å². The number of carbonyl (C=O) groups is 1. The van der Waals surface area contributed by atoms with E-state index in [-0.39, 0.29) is 5.91 Å². The molecular weight excluding hydrogens is 340 g/mol. The van der Waals surface area contributed by atoms with E-state index in [1.165, 1.54) is 5.56 Å². The molecule has 4 aromatic rings. The highest BCUT2D eigenvalue weighted by Gasteiger charge is 2.14. The number of carbonyl (C=O) groups excluding carboxylic acids is 1. The molecule has 0 saturated carbocycles. The molecule has 128 valence electrons. The highest BCUT2D eigenvalue weighted by Crippen LogP contribution is 2.27. The molecule has 0 aliphatic heterocycles. The minimum atomic E-state index is -0.0580. The number of amides is 1. The number of fused-ring (bicyclic) bond motifs is 1. The molecule has 1 amide bonds. The van der Waals surface area contributed by atoms with Crippen LogP contribution in [0.4, 0.5) is 0 Å². The predicted octanol–water partition coefficient (Wildman–Crippen LogP) is 4.94. The summed E-state index contributed by atoms with van der Waals surface area (Å²) in [6, 6.07) is 23.9. The second-order valence-electron chi connectivity index (χ2n) is 6.04. The molecule has 2 aromatic carbocycles.